The summed E-state index contributed by atoms with van der Waals surface area (Å²) in [5, 5.41) is 9.46. The molecule has 0 saturated heterocycles. The summed E-state index contributed by atoms with van der Waals surface area (Å²) < 4.78 is 11.0. The minimum atomic E-state index is -0.984. The van der Waals surface area contributed by atoms with Crippen LogP contribution in [0.4, 0.5) is 5.69 Å². The molecule has 0 aliphatic rings. The highest BCUT2D eigenvalue weighted by molar-refractivity contribution is 6.39. The number of halogens is 1. The van der Waals surface area contributed by atoms with Crippen molar-refractivity contribution in [1.29, 1.82) is 0 Å². The predicted octanol–water partition coefficient (Wildman–Crippen LogP) is 3.52. The molecule has 0 heterocycles. The number of anilines is 1. The molecule has 186 valence electrons. The summed E-state index contributed by atoms with van der Waals surface area (Å²) in [4.78, 5) is 36.6. The number of hydrogen-bond donors (Lipinski definition) is 3. The Bertz CT molecular complexity index is 1230. The predicted molar refractivity (Wildman–Crippen MR) is 137 cm³/mol. The van der Waals surface area contributed by atoms with Crippen molar-refractivity contribution in [2.75, 3.05) is 18.5 Å². The first-order valence-corrected chi connectivity index (χ1v) is 11.4. The Hall–Kier alpha value is -4.37. The average molecular weight is 509 g/mol. The second kappa shape index (κ2) is 13.5. The fourth-order valence-corrected chi connectivity index (χ4v) is 3.16. The summed E-state index contributed by atoms with van der Waals surface area (Å²) >= 11 is 6.06. The van der Waals surface area contributed by atoms with Gasteiger partial charge >= 0.3 is 11.8 Å². The van der Waals surface area contributed by atoms with E-state index in [1.54, 1.807) is 42.5 Å². The molecule has 3 aromatic rings. The smallest absolute Gasteiger partial charge is 0.329 e. The highest BCUT2D eigenvalue weighted by Crippen LogP contribution is 2.23. The lowest BCUT2D eigenvalue weighted by Gasteiger charge is -2.11. The third-order valence-corrected chi connectivity index (χ3v) is 4.91. The molecule has 0 bridgehead atoms. The van der Waals surface area contributed by atoms with E-state index in [-0.39, 0.29) is 12.5 Å². The maximum atomic E-state index is 12.2. The van der Waals surface area contributed by atoms with E-state index in [1.165, 1.54) is 6.21 Å². The van der Waals surface area contributed by atoms with Gasteiger partial charge in [-0.3, -0.25) is 14.4 Å². The Labute approximate surface area is 213 Å². The number of para-hydroxylation sites is 2. The molecule has 0 saturated carbocycles. The van der Waals surface area contributed by atoms with Gasteiger partial charge in [0.05, 0.1) is 18.5 Å². The molecule has 3 N–H and O–H groups in total. The van der Waals surface area contributed by atoms with Crippen LogP contribution in [0.25, 0.3) is 0 Å². The molecule has 10 heteroatoms. The number of hydrazone groups is 1. The van der Waals surface area contributed by atoms with Crippen molar-refractivity contribution in [3.63, 3.8) is 0 Å². The molecule has 0 fully saturated rings. The van der Waals surface area contributed by atoms with Crippen LogP contribution >= 0.6 is 11.6 Å². The normalized spacial score (nSPS) is 10.5. The van der Waals surface area contributed by atoms with Crippen LogP contribution in [-0.4, -0.2) is 37.1 Å². The SMILES string of the molecule is CCOc1ccccc1NC(=O)C(=O)N/N=C\c1cc(Cl)ccc1OCC(=O)NCc1ccccc1. The third kappa shape index (κ3) is 8.14. The molecule has 9 nitrogen and oxygen atoms in total. The van der Waals surface area contributed by atoms with Gasteiger partial charge < -0.3 is 20.1 Å². The minimum absolute atomic E-state index is 0.233. The van der Waals surface area contributed by atoms with E-state index in [4.69, 9.17) is 21.1 Å². The van der Waals surface area contributed by atoms with E-state index in [0.29, 0.717) is 40.9 Å². The summed E-state index contributed by atoms with van der Waals surface area (Å²) in [5.74, 6) is -1.45. The molecule has 0 radical (unpaired) electrons. The van der Waals surface area contributed by atoms with Crippen molar-refractivity contribution in [3.05, 3.63) is 88.9 Å². The third-order valence-electron chi connectivity index (χ3n) is 4.67. The van der Waals surface area contributed by atoms with Gasteiger partial charge in [0.2, 0.25) is 0 Å². The molecule has 0 atom stereocenters. The number of nitrogens with zero attached hydrogens (tertiary/aromatic N) is 1. The van der Waals surface area contributed by atoms with Crippen LogP contribution in [0.1, 0.15) is 18.1 Å². The van der Waals surface area contributed by atoms with Gasteiger partial charge in [-0.15, -0.1) is 0 Å². The zero-order valence-electron chi connectivity index (χ0n) is 19.5. The van der Waals surface area contributed by atoms with Crippen LogP contribution in [0, 0.1) is 0 Å². The molecule has 0 spiro atoms. The number of rotatable bonds is 10. The van der Waals surface area contributed by atoms with Gasteiger partial charge in [0.1, 0.15) is 11.5 Å². The first-order valence-electron chi connectivity index (χ1n) is 11.1. The minimum Gasteiger partial charge on any atom is -0.492 e. The lowest BCUT2D eigenvalue weighted by Crippen LogP contribution is -2.32. The van der Waals surface area contributed by atoms with E-state index in [0.717, 1.165) is 5.56 Å². The van der Waals surface area contributed by atoms with E-state index in [1.807, 2.05) is 37.3 Å². The first kappa shape index (κ1) is 26.2. The van der Waals surface area contributed by atoms with Gasteiger partial charge in [0, 0.05) is 17.1 Å². The molecule has 36 heavy (non-hydrogen) atoms. The van der Waals surface area contributed by atoms with Gasteiger partial charge in [0.25, 0.3) is 5.91 Å². The molecule has 3 rings (SSSR count). The molecule has 0 unspecified atom stereocenters. The molecule has 0 aromatic heterocycles. The molecular weight excluding hydrogens is 484 g/mol. The Morgan fingerprint density at radius 2 is 1.67 bits per heavy atom. The van der Waals surface area contributed by atoms with Crippen LogP contribution in [0.2, 0.25) is 5.02 Å². The Kier molecular flexibility index (Phi) is 9.84. The van der Waals surface area contributed by atoms with Crippen LogP contribution in [0.3, 0.4) is 0 Å². The molecule has 0 aliphatic carbocycles. The first-order chi connectivity index (χ1) is 17.5. The van der Waals surface area contributed by atoms with Crippen molar-refractivity contribution >= 4 is 41.2 Å². The second-order valence-electron chi connectivity index (χ2n) is 7.32. The van der Waals surface area contributed by atoms with E-state index < -0.39 is 11.8 Å². The average Bonchev–Trinajstić information content (AvgIpc) is 2.88. The summed E-state index contributed by atoms with van der Waals surface area (Å²) in [6.07, 6.45) is 1.27. The number of ether oxygens (including phenoxy) is 2. The largest absolute Gasteiger partial charge is 0.492 e. The number of nitrogens with one attached hydrogen (secondary N) is 3. The Morgan fingerprint density at radius 3 is 2.44 bits per heavy atom. The zero-order valence-corrected chi connectivity index (χ0v) is 20.2. The van der Waals surface area contributed by atoms with Crippen molar-refractivity contribution < 1.29 is 23.9 Å². The van der Waals surface area contributed by atoms with Crippen LogP contribution in [0.15, 0.2) is 77.9 Å². The van der Waals surface area contributed by atoms with Gasteiger partial charge in [-0.05, 0) is 42.8 Å². The van der Waals surface area contributed by atoms with Crippen molar-refractivity contribution in [2.45, 2.75) is 13.5 Å². The maximum absolute atomic E-state index is 12.2. The second-order valence-corrected chi connectivity index (χ2v) is 7.75. The number of carbonyl (C=O) groups is 3. The van der Waals surface area contributed by atoms with Gasteiger partial charge in [-0.2, -0.15) is 5.10 Å². The number of carbonyl (C=O) groups excluding carboxylic acids is 3. The van der Waals surface area contributed by atoms with E-state index in [2.05, 4.69) is 21.2 Å². The summed E-state index contributed by atoms with van der Waals surface area (Å²) in [6.45, 7) is 2.36. The van der Waals surface area contributed by atoms with E-state index >= 15 is 0 Å². The number of benzene rings is 3. The maximum Gasteiger partial charge on any atom is 0.329 e. The van der Waals surface area contributed by atoms with E-state index in [9.17, 15) is 14.4 Å². The fourth-order valence-electron chi connectivity index (χ4n) is 2.98. The number of amides is 3. The quantitative estimate of drug-likeness (QED) is 0.220. The monoisotopic (exact) mass is 508 g/mol. The Balaban J connectivity index is 1.55. The van der Waals surface area contributed by atoms with Crippen molar-refractivity contribution in [3.8, 4) is 11.5 Å². The summed E-state index contributed by atoms with van der Waals surface area (Å²) in [6, 6.07) is 21.0. The van der Waals surface area contributed by atoms with Crippen LogP contribution in [-0.2, 0) is 20.9 Å². The molecular formula is C26H25ClN4O5. The standard InChI is InChI=1S/C26H25ClN4O5/c1-2-35-23-11-7-6-10-21(23)30-25(33)26(34)31-29-16-19-14-20(27)12-13-22(19)36-17-24(32)28-15-18-8-4-3-5-9-18/h3-14,16H,2,15,17H2,1H3,(H,28,32)(H,30,33)(H,31,34)/b29-16-. The molecule has 0 aliphatic heterocycles. The number of hydrogen-bond acceptors (Lipinski definition) is 6. The summed E-state index contributed by atoms with van der Waals surface area (Å²) in [7, 11) is 0. The lowest BCUT2D eigenvalue weighted by molar-refractivity contribution is -0.136. The van der Waals surface area contributed by atoms with Gasteiger partial charge in [0.15, 0.2) is 6.61 Å². The van der Waals surface area contributed by atoms with Crippen molar-refractivity contribution in [1.82, 2.24) is 10.7 Å². The Morgan fingerprint density at radius 1 is 0.917 bits per heavy atom. The lowest BCUT2D eigenvalue weighted by atomic mass is 10.2. The van der Waals surface area contributed by atoms with Gasteiger partial charge in [-0.25, -0.2) is 5.43 Å². The topological polar surface area (TPSA) is 118 Å². The molecule has 3 amide bonds. The van der Waals surface area contributed by atoms with Crippen molar-refractivity contribution in [2.24, 2.45) is 5.10 Å². The van der Waals surface area contributed by atoms with Crippen LogP contribution in [0.5, 0.6) is 11.5 Å². The highest BCUT2D eigenvalue weighted by Gasteiger charge is 2.15. The molecule has 3 aromatic carbocycles. The van der Waals surface area contributed by atoms with Crippen LogP contribution < -0.4 is 25.5 Å². The van der Waals surface area contributed by atoms with Gasteiger partial charge in [-0.1, -0.05) is 54.1 Å². The zero-order chi connectivity index (χ0) is 25.8. The fraction of sp³-hybridized carbons (Fsp3) is 0.154. The summed E-state index contributed by atoms with van der Waals surface area (Å²) in [5.41, 5.74) is 3.88. The highest BCUT2D eigenvalue weighted by atomic mass is 35.5.